The quantitative estimate of drug-likeness (QED) is 0.158. The van der Waals surface area contributed by atoms with Gasteiger partial charge in [0.25, 0.3) is 0 Å². The maximum Gasteiger partial charge on any atom is 0.307 e. The molecule has 4 aromatic rings. The third kappa shape index (κ3) is 9.26. The summed E-state index contributed by atoms with van der Waals surface area (Å²) < 4.78 is 17.3. The number of carboxylic acids is 1. The molecule has 1 N–H and O–H groups in total. The van der Waals surface area contributed by atoms with Crippen LogP contribution in [0.2, 0.25) is 0 Å². The lowest BCUT2D eigenvalue weighted by Gasteiger charge is -2.33. The van der Waals surface area contributed by atoms with Crippen molar-refractivity contribution in [3.63, 3.8) is 0 Å². The molecule has 0 saturated heterocycles. The first kappa shape index (κ1) is 32.5. The topological polar surface area (TPSA) is 68.2 Å². The first-order valence-electron chi connectivity index (χ1n) is 13.9. The Bertz CT molecular complexity index is 1340. The van der Waals surface area contributed by atoms with Crippen molar-refractivity contribution in [2.45, 2.75) is 38.3 Å². The Balaban J connectivity index is 0.00000484. The number of ether oxygens (including phenoxy) is 3. The van der Waals surface area contributed by atoms with Crippen molar-refractivity contribution in [2.24, 2.45) is 0 Å². The molecule has 0 aliphatic heterocycles. The van der Waals surface area contributed by atoms with Crippen LogP contribution in [0.3, 0.4) is 0 Å². The molecule has 42 heavy (non-hydrogen) atoms. The van der Waals surface area contributed by atoms with Crippen LogP contribution in [0.4, 0.5) is 0 Å². The Morgan fingerprint density at radius 2 is 1.48 bits per heavy atom. The molecule has 0 fully saturated rings. The highest BCUT2D eigenvalue weighted by Gasteiger charge is 2.23. The van der Waals surface area contributed by atoms with E-state index in [4.69, 9.17) is 19.3 Å². The minimum absolute atomic E-state index is 0. The van der Waals surface area contributed by atoms with Crippen LogP contribution in [0.1, 0.15) is 41.5 Å². The number of carbonyl (C=O) groups is 1. The van der Waals surface area contributed by atoms with Gasteiger partial charge in [0.1, 0.15) is 17.2 Å². The molecule has 0 radical (unpaired) electrons. The van der Waals surface area contributed by atoms with Gasteiger partial charge >= 0.3 is 5.97 Å². The number of methoxy groups -OCH3 is 2. The molecular formula is C35H40ClNO5. The molecule has 6 nitrogen and oxygen atoms in total. The fourth-order valence-corrected chi connectivity index (χ4v) is 5.06. The fourth-order valence-electron chi connectivity index (χ4n) is 5.06. The molecule has 222 valence electrons. The van der Waals surface area contributed by atoms with Gasteiger partial charge in [-0.25, -0.2) is 0 Å². The lowest BCUT2D eigenvalue weighted by Crippen LogP contribution is -2.37. The number of carboxylic acid groups (broad SMARTS) is 1. The zero-order valence-corrected chi connectivity index (χ0v) is 25.3. The minimum Gasteiger partial charge on any atom is -0.497 e. The Labute approximate surface area is 255 Å². The van der Waals surface area contributed by atoms with Crippen molar-refractivity contribution >= 4 is 18.4 Å². The van der Waals surface area contributed by atoms with Crippen LogP contribution in [0.15, 0.2) is 103 Å². The van der Waals surface area contributed by atoms with Crippen LogP contribution >= 0.6 is 12.4 Å². The van der Waals surface area contributed by atoms with E-state index in [9.17, 15) is 4.79 Å². The van der Waals surface area contributed by atoms with Crippen molar-refractivity contribution in [1.29, 1.82) is 0 Å². The van der Waals surface area contributed by atoms with Gasteiger partial charge in [-0.05, 0) is 48.2 Å². The summed E-state index contributed by atoms with van der Waals surface area (Å²) >= 11 is 0. The van der Waals surface area contributed by atoms with E-state index in [1.165, 1.54) is 11.1 Å². The fraction of sp³-hybridized carbons (Fsp3) is 0.286. The van der Waals surface area contributed by atoms with Crippen molar-refractivity contribution < 1.29 is 24.1 Å². The molecular weight excluding hydrogens is 550 g/mol. The van der Waals surface area contributed by atoms with Gasteiger partial charge in [0.2, 0.25) is 0 Å². The number of hydrogen-bond donors (Lipinski definition) is 1. The zero-order chi connectivity index (χ0) is 29.0. The SMILES string of the molecule is COc1ccc(CN(CC(c2ccccc2)c2ccccc2)C(C)CCOc2cccc(CC(=O)O)c2)c(OC)c1.Cl. The van der Waals surface area contributed by atoms with E-state index in [0.29, 0.717) is 18.9 Å². The van der Waals surface area contributed by atoms with Crippen LogP contribution in [0, 0.1) is 0 Å². The van der Waals surface area contributed by atoms with Crippen LogP contribution in [-0.4, -0.2) is 49.4 Å². The van der Waals surface area contributed by atoms with Crippen molar-refractivity contribution in [3.8, 4) is 17.2 Å². The second-order valence-corrected chi connectivity index (χ2v) is 10.2. The molecule has 0 aliphatic carbocycles. The Morgan fingerprint density at radius 3 is 2.07 bits per heavy atom. The van der Waals surface area contributed by atoms with Crippen LogP contribution in [0.5, 0.6) is 17.2 Å². The van der Waals surface area contributed by atoms with Gasteiger partial charge in [-0.1, -0.05) is 78.9 Å². The normalized spacial score (nSPS) is 11.5. The van der Waals surface area contributed by atoms with Crippen LogP contribution in [0.25, 0.3) is 0 Å². The molecule has 0 bridgehead atoms. The average Bonchev–Trinajstić information content (AvgIpc) is 3.00. The summed E-state index contributed by atoms with van der Waals surface area (Å²) in [6.07, 6.45) is 0.767. The summed E-state index contributed by atoms with van der Waals surface area (Å²) in [4.78, 5) is 13.6. The van der Waals surface area contributed by atoms with Crippen LogP contribution < -0.4 is 14.2 Å². The van der Waals surface area contributed by atoms with Crippen molar-refractivity contribution in [3.05, 3.63) is 125 Å². The van der Waals surface area contributed by atoms with E-state index in [-0.39, 0.29) is 30.8 Å². The number of nitrogens with zero attached hydrogens (tertiary/aromatic N) is 1. The smallest absolute Gasteiger partial charge is 0.307 e. The summed E-state index contributed by atoms with van der Waals surface area (Å²) in [6.45, 7) is 4.24. The average molecular weight is 590 g/mol. The summed E-state index contributed by atoms with van der Waals surface area (Å²) in [5.74, 6) is 1.56. The van der Waals surface area contributed by atoms with Crippen molar-refractivity contribution in [1.82, 2.24) is 4.90 Å². The molecule has 0 spiro atoms. The molecule has 0 aromatic heterocycles. The van der Waals surface area contributed by atoms with E-state index in [1.807, 2.05) is 24.3 Å². The van der Waals surface area contributed by atoms with E-state index >= 15 is 0 Å². The summed E-state index contributed by atoms with van der Waals surface area (Å²) in [5.41, 5.74) is 4.35. The third-order valence-corrected chi connectivity index (χ3v) is 7.37. The van der Waals surface area contributed by atoms with E-state index in [2.05, 4.69) is 78.6 Å². The number of hydrogen-bond acceptors (Lipinski definition) is 5. The van der Waals surface area contributed by atoms with E-state index < -0.39 is 5.97 Å². The van der Waals surface area contributed by atoms with E-state index in [1.54, 1.807) is 26.4 Å². The molecule has 0 heterocycles. The van der Waals surface area contributed by atoms with Gasteiger partial charge in [-0.2, -0.15) is 0 Å². The van der Waals surface area contributed by atoms with Gasteiger partial charge in [-0.3, -0.25) is 9.69 Å². The first-order valence-corrected chi connectivity index (χ1v) is 13.9. The third-order valence-electron chi connectivity index (χ3n) is 7.37. The second kappa shape index (κ2) is 16.4. The molecule has 0 aliphatic rings. The lowest BCUT2D eigenvalue weighted by atomic mass is 9.90. The lowest BCUT2D eigenvalue weighted by molar-refractivity contribution is -0.136. The molecule has 1 unspecified atom stereocenters. The summed E-state index contributed by atoms with van der Waals surface area (Å²) in [6, 6.07) is 34.7. The molecule has 4 rings (SSSR count). The highest BCUT2D eigenvalue weighted by molar-refractivity contribution is 5.85. The highest BCUT2D eigenvalue weighted by atomic mass is 35.5. The molecule has 1 atom stereocenters. The van der Waals surface area contributed by atoms with Gasteiger partial charge in [-0.15, -0.1) is 12.4 Å². The largest absolute Gasteiger partial charge is 0.497 e. The monoisotopic (exact) mass is 589 g/mol. The van der Waals surface area contributed by atoms with E-state index in [0.717, 1.165) is 35.6 Å². The number of benzene rings is 4. The standard InChI is InChI=1S/C35H39NO5.ClH/c1-26(19-20-41-32-16-10-11-27(21-32)22-35(37)38)36(24-30-17-18-31(39-2)23-34(30)40-3)25-33(28-12-6-4-7-13-28)29-14-8-5-9-15-29;/h4-18,21,23,26,33H,19-20,22,24-25H2,1-3H3,(H,37,38);1H. The maximum atomic E-state index is 11.1. The summed E-state index contributed by atoms with van der Waals surface area (Å²) in [5, 5.41) is 9.13. The van der Waals surface area contributed by atoms with Gasteiger partial charge in [0.05, 0.1) is 27.2 Å². The Morgan fingerprint density at radius 1 is 0.810 bits per heavy atom. The number of aliphatic carboxylic acids is 1. The van der Waals surface area contributed by atoms with Gasteiger partial charge < -0.3 is 19.3 Å². The minimum atomic E-state index is -0.855. The molecule has 0 amide bonds. The first-order chi connectivity index (χ1) is 20.0. The molecule has 7 heteroatoms. The van der Waals surface area contributed by atoms with Gasteiger partial charge in [0, 0.05) is 36.7 Å². The Hall–Kier alpha value is -4.00. The van der Waals surface area contributed by atoms with Crippen molar-refractivity contribution in [2.75, 3.05) is 27.4 Å². The predicted octanol–water partition coefficient (Wildman–Crippen LogP) is 7.24. The molecule has 0 saturated carbocycles. The highest BCUT2D eigenvalue weighted by Crippen LogP contribution is 2.31. The van der Waals surface area contributed by atoms with Crippen LogP contribution in [-0.2, 0) is 17.8 Å². The Kier molecular flexibility index (Phi) is 12.7. The predicted molar refractivity (Wildman–Crippen MR) is 169 cm³/mol. The number of rotatable bonds is 15. The zero-order valence-electron chi connectivity index (χ0n) is 24.4. The molecule has 4 aromatic carbocycles. The maximum absolute atomic E-state index is 11.1. The summed E-state index contributed by atoms with van der Waals surface area (Å²) in [7, 11) is 3.35. The second-order valence-electron chi connectivity index (χ2n) is 10.2. The number of halogens is 1. The van der Waals surface area contributed by atoms with Gasteiger partial charge in [0.15, 0.2) is 0 Å².